The lowest BCUT2D eigenvalue weighted by atomic mass is 9.62. The van der Waals surface area contributed by atoms with Crippen molar-refractivity contribution < 1.29 is 0 Å². The summed E-state index contributed by atoms with van der Waals surface area (Å²) >= 11 is 0. The van der Waals surface area contributed by atoms with Gasteiger partial charge < -0.3 is 0 Å². The van der Waals surface area contributed by atoms with Crippen molar-refractivity contribution in [3.63, 3.8) is 0 Å². The summed E-state index contributed by atoms with van der Waals surface area (Å²) in [6.07, 6.45) is 14.9. The standard InChI is InChI=1S/C18H34/c1-5-10-18(4)13-8-16(9-14-18)15-6-11-17(2,3)12-7-15/h15-16H,5-14H2,1-4H3. The van der Waals surface area contributed by atoms with Gasteiger partial charge in [0.2, 0.25) is 0 Å². The van der Waals surface area contributed by atoms with Crippen LogP contribution in [0.15, 0.2) is 0 Å². The Bertz CT molecular complexity index is 245. The summed E-state index contributed by atoms with van der Waals surface area (Å²) in [5, 5.41) is 0. The fraction of sp³-hybridized carbons (Fsp3) is 1.00. The minimum Gasteiger partial charge on any atom is -0.0654 e. The minimum absolute atomic E-state index is 0.641. The fourth-order valence-electron chi connectivity index (χ4n) is 4.56. The molecule has 106 valence electrons. The third kappa shape index (κ3) is 3.52. The van der Waals surface area contributed by atoms with Gasteiger partial charge in [0.25, 0.3) is 0 Å². The normalized spacial score (nSPS) is 37.7. The molecule has 2 aliphatic rings. The van der Waals surface area contributed by atoms with Gasteiger partial charge in [-0.3, -0.25) is 0 Å². The lowest BCUT2D eigenvalue weighted by Crippen LogP contribution is -2.31. The second kappa shape index (κ2) is 5.55. The molecule has 0 unspecified atom stereocenters. The summed E-state index contributed by atoms with van der Waals surface area (Å²) in [5.41, 5.74) is 1.33. The molecule has 0 N–H and O–H groups in total. The summed E-state index contributed by atoms with van der Waals surface area (Å²) in [6, 6.07) is 0. The molecule has 0 radical (unpaired) electrons. The van der Waals surface area contributed by atoms with E-state index in [4.69, 9.17) is 0 Å². The Kier molecular flexibility index (Phi) is 4.44. The summed E-state index contributed by atoms with van der Waals surface area (Å²) in [4.78, 5) is 0. The molecule has 0 saturated heterocycles. The van der Waals surface area contributed by atoms with Crippen LogP contribution in [0, 0.1) is 22.7 Å². The molecule has 0 amide bonds. The van der Waals surface area contributed by atoms with Gasteiger partial charge in [-0.15, -0.1) is 0 Å². The average Bonchev–Trinajstić information content (AvgIpc) is 2.31. The zero-order valence-corrected chi connectivity index (χ0v) is 13.2. The van der Waals surface area contributed by atoms with E-state index < -0.39 is 0 Å². The van der Waals surface area contributed by atoms with Crippen LogP contribution in [0.4, 0.5) is 0 Å². The third-order valence-corrected chi connectivity index (χ3v) is 6.14. The SMILES string of the molecule is CCCC1(C)CCC(C2CCC(C)(C)CC2)CC1. The summed E-state index contributed by atoms with van der Waals surface area (Å²) < 4.78 is 0. The van der Waals surface area contributed by atoms with E-state index >= 15 is 0 Å². The van der Waals surface area contributed by atoms with E-state index in [9.17, 15) is 0 Å². The van der Waals surface area contributed by atoms with Gasteiger partial charge in [0, 0.05) is 0 Å². The molecule has 0 heterocycles. The maximum absolute atomic E-state index is 2.54. The van der Waals surface area contributed by atoms with Crippen molar-refractivity contribution in [3.8, 4) is 0 Å². The van der Waals surface area contributed by atoms with E-state index in [0.717, 1.165) is 11.8 Å². The Balaban J connectivity index is 1.80. The van der Waals surface area contributed by atoms with Crippen LogP contribution in [0.1, 0.15) is 91.9 Å². The molecule has 0 bridgehead atoms. The second-order valence-corrected chi connectivity index (χ2v) is 8.40. The number of hydrogen-bond acceptors (Lipinski definition) is 0. The van der Waals surface area contributed by atoms with Crippen LogP contribution in [0.2, 0.25) is 0 Å². The molecule has 0 aromatic carbocycles. The average molecular weight is 250 g/mol. The first-order valence-electron chi connectivity index (χ1n) is 8.44. The van der Waals surface area contributed by atoms with Crippen LogP contribution < -0.4 is 0 Å². The molecular formula is C18H34. The minimum atomic E-state index is 0.641. The van der Waals surface area contributed by atoms with E-state index in [2.05, 4.69) is 27.7 Å². The second-order valence-electron chi connectivity index (χ2n) is 8.40. The lowest BCUT2D eigenvalue weighted by Gasteiger charge is -2.43. The molecule has 2 fully saturated rings. The van der Waals surface area contributed by atoms with Gasteiger partial charge in [-0.25, -0.2) is 0 Å². The highest BCUT2D eigenvalue weighted by molar-refractivity contribution is 4.88. The van der Waals surface area contributed by atoms with E-state index in [1.54, 1.807) is 0 Å². The van der Waals surface area contributed by atoms with E-state index in [0.29, 0.717) is 10.8 Å². The van der Waals surface area contributed by atoms with Crippen molar-refractivity contribution in [1.29, 1.82) is 0 Å². The molecule has 2 aliphatic carbocycles. The van der Waals surface area contributed by atoms with Gasteiger partial charge in [-0.2, -0.15) is 0 Å². The zero-order chi connectivity index (χ0) is 13.2. The van der Waals surface area contributed by atoms with Gasteiger partial charge in [-0.1, -0.05) is 34.1 Å². The summed E-state index contributed by atoms with van der Waals surface area (Å²) in [6.45, 7) is 9.81. The van der Waals surface area contributed by atoms with Crippen molar-refractivity contribution in [2.75, 3.05) is 0 Å². The molecule has 18 heavy (non-hydrogen) atoms. The molecule has 0 aromatic heterocycles. The van der Waals surface area contributed by atoms with Gasteiger partial charge in [0.1, 0.15) is 0 Å². The smallest absolute Gasteiger partial charge is 0.0326 e. The highest BCUT2D eigenvalue weighted by Gasteiger charge is 2.36. The Morgan fingerprint density at radius 1 is 0.778 bits per heavy atom. The van der Waals surface area contributed by atoms with Crippen molar-refractivity contribution in [3.05, 3.63) is 0 Å². The molecule has 0 spiro atoms. The van der Waals surface area contributed by atoms with Crippen LogP contribution in [-0.4, -0.2) is 0 Å². The van der Waals surface area contributed by atoms with E-state index in [1.165, 1.54) is 64.2 Å². The van der Waals surface area contributed by atoms with Crippen molar-refractivity contribution in [1.82, 2.24) is 0 Å². The molecule has 0 nitrogen and oxygen atoms in total. The quantitative estimate of drug-likeness (QED) is 0.559. The first kappa shape index (κ1) is 14.4. The summed E-state index contributed by atoms with van der Waals surface area (Å²) in [5.74, 6) is 2.15. The van der Waals surface area contributed by atoms with Gasteiger partial charge in [0.15, 0.2) is 0 Å². The number of rotatable bonds is 3. The predicted octanol–water partition coefficient (Wildman–Crippen LogP) is 6.20. The third-order valence-electron chi connectivity index (χ3n) is 6.14. The van der Waals surface area contributed by atoms with Crippen LogP contribution in [0.25, 0.3) is 0 Å². The van der Waals surface area contributed by atoms with E-state index in [-0.39, 0.29) is 0 Å². The Labute approximate surface area is 115 Å². The van der Waals surface area contributed by atoms with Crippen LogP contribution >= 0.6 is 0 Å². The molecular weight excluding hydrogens is 216 g/mol. The predicted molar refractivity (Wildman–Crippen MR) is 80.7 cm³/mol. The molecule has 2 rings (SSSR count). The molecule has 0 atom stereocenters. The van der Waals surface area contributed by atoms with Crippen molar-refractivity contribution in [2.45, 2.75) is 91.9 Å². The van der Waals surface area contributed by atoms with Crippen LogP contribution in [0.5, 0.6) is 0 Å². The maximum atomic E-state index is 2.54. The first-order valence-corrected chi connectivity index (χ1v) is 8.44. The van der Waals surface area contributed by atoms with Gasteiger partial charge in [0.05, 0.1) is 0 Å². The van der Waals surface area contributed by atoms with Crippen molar-refractivity contribution in [2.24, 2.45) is 22.7 Å². The zero-order valence-electron chi connectivity index (χ0n) is 13.2. The van der Waals surface area contributed by atoms with Gasteiger partial charge >= 0.3 is 0 Å². The largest absolute Gasteiger partial charge is 0.0654 e. The molecule has 2 saturated carbocycles. The Morgan fingerprint density at radius 3 is 1.67 bits per heavy atom. The topological polar surface area (TPSA) is 0 Å². The fourth-order valence-corrected chi connectivity index (χ4v) is 4.56. The Hall–Kier alpha value is 0. The van der Waals surface area contributed by atoms with E-state index in [1.807, 2.05) is 0 Å². The summed E-state index contributed by atoms with van der Waals surface area (Å²) in [7, 11) is 0. The maximum Gasteiger partial charge on any atom is -0.0326 e. The van der Waals surface area contributed by atoms with Crippen LogP contribution in [0.3, 0.4) is 0 Å². The number of hydrogen-bond donors (Lipinski definition) is 0. The lowest BCUT2D eigenvalue weighted by molar-refractivity contribution is 0.0817. The molecule has 0 heteroatoms. The first-order chi connectivity index (χ1) is 8.44. The van der Waals surface area contributed by atoms with Crippen LogP contribution in [-0.2, 0) is 0 Å². The highest BCUT2D eigenvalue weighted by atomic mass is 14.4. The van der Waals surface area contributed by atoms with Gasteiger partial charge in [-0.05, 0) is 80.5 Å². The molecule has 0 aliphatic heterocycles. The highest BCUT2D eigenvalue weighted by Crippen LogP contribution is 2.48. The molecule has 0 aromatic rings. The Morgan fingerprint density at radius 2 is 1.22 bits per heavy atom. The van der Waals surface area contributed by atoms with Crippen molar-refractivity contribution >= 4 is 0 Å². The monoisotopic (exact) mass is 250 g/mol.